The zero-order valence-electron chi connectivity index (χ0n) is 8.73. The van der Waals surface area contributed by atoms with Gasteiger partial charge >= 0.3 is 5.97 Å². The highest BCUT2D eigenvalue weighted by Gasteiger charge is 2.36. The van der Waals surface area contributed by atoms with Crippen LogP contribution in [0.15, 0.2) is 11.0 Å². The van der Waals surface area contributed by atoms with Gasteiger partial charge in [-0.2, -0.15) is 0 Å². The van der Waals surface area contributed by atoms with Crippen LogP contribution in [0.5, 0.6) is 0 Å². The largest absolute Gasteiger partial charge is 0.393 e. The summed E-state index contributed by atoms with van der Waals surface area (Å²) in [6.45, 7) is 3.49. The monoisotopic (exact) mass is 355 g/mol. The van der Waals surface area contributed by atoms with Gasteiger partial charge in [0.1, 0.15) is 6.54 Å². The number of imide groups is 1. The van der Waals surface area contributed by atoms with E-state index >= 15 is 0 Å². The molecule has 1 aliphatic rings. The Morgan fingerprint density at radius 2 is 2.19 bits per heavy atom. The summed E-state index contributed by atoms with van der Waals surface area (Å²) in [5.41, 5.74) is 0. The van der Waals surface area contributed by atoms with Crippen LogP contribution in [-0.4, -0.2) is 28.6 Å². The van der Waals surface area contributed by atoms with E-state index in [1.807, 2.05) is 13.8 Å². The summed E-state index contributed by atoms with van der Waals surface area (Å²) in [6.07, 6.45) is 1.71. The van der Waals surface area contributed by atoms with Crippen LogP contribution in [-0.2, 0) is 12.7 Å². The minimum atomic E-state index is -0.617. The second-order valence-corrected chi connectivity index (χ2v) is 4.92. The average molecular weight is 355 g/mol. The summed E-state index contributed by atoms with van der Waals surface area (Å²) >= 11 is 2.27. The van der Waals surface area contributed by atoms with Crippen LogP contribution in [0.2, 0.25) is 0 Å². The van der Waals surface area contributed by atoms with Crippen molar-refractivity contribution >= 4 is 51.9 Å². The Kier molecular flexibility index (Phi) is 4.78. The number of nitrogens with zero attached hydrogens (tertiary/aromatic N) is 1. The third-order valence-electron chi connectivity index (χ3n) is 1.73. The van der Waals surface area contributed by atoms with Crippen LogP contribution in [0.1, 0.15) is 13.8 Å². The first-order valence-corrected chi connectivity index (χ1v) is 6.22. The number of halogens is 1. The quantitative estimate of drug-likeness (QED) is 0.573. The molecule has 0 atom stereocenters. The van der Waals surface area contributed by atoms with Crippen LogP contribution < -0.4 is 0 Å². The van der Waals surface area contributed by atoms with E-state index in [2.05, 4.69) is 3.07 Å². The molecule has 1 aliphatic heterocycles. The number of allylic oxidation sites excluding steroid dienone is 1. The average Bonchev–Trinajstić information content (AvgIpc) is 2.45. The van der Waals surface area contributed by atoms with Crippen molar-refractivity contribution in [2.45, 2.75) is 13.8 Å². The van der Waals surface area contributed by atoms with Gasteiger partial charge in [-0.3, -0.25) is 14.5 Å². The number of carbonyl (C=O) groups excluding carboxylic acids is 3. The first-order chi connectivity index (χ1) is 7.45. The maximum atomic E-state index is 11.7. The lowest BCUT2D eigenvalue weighted by molar-refractivity contribution is -0.136. The molecule has 0 unspecified atom stereocenters. The molecule has 0 aromatic heterocycles. The van der Waals surface area contributed by atoms with Crippen molar-refractivity contribution in [3.63, 3.8) is 0 Å². The molecule has 0 N–H and O–H groups in total. The summed E-state index contributed by atoms with van der Waals surface area (Å²) in [7, 11) is 0. The molecule has 0 aliphatic carbocycles. The SMILES string of the molecule is CC(C)/C=C1\SC(=O)N(CC(=O)OI)C1=O. The highest BCUT2D eigenvalue weighted by Crippen LogP contribution is 2.31. The Balaban J connectivity index is 2.79. The second kappa shape index (κ2) is 5.67. The van der Waals surface area contributed by atoms with Crippen LogP contribution >= 0.6 is 34.8 Å². The number of hydrogen-bond donors (Lipinski definition) is 0. The molecule has 16 heavy (non-hydrogen) atoms. The molecule has 1 rings (SSSR count). The molecule has 1 fully saturated rings. The van der Waals surface area contributed by atoms with Crippen molar-refractivity contribution in [2.24, 2.45) is 5.92 Å². The fourth-order valence-electron chi connectivity index (χ4n) is 1.11. The molecule has 1 saturated heterocycles. The molecule has 1 heterocycles. The Labute approximate surface area is 111 Å². The molecular formula is C9H10INO4S. The number of amides is 2. The van der Waals surface area contributed by atoms with Crippen molar-refractivity contribution in [3.05, 3.63) is 11.0 Å². The van der Waals surface area contributed by atoms with Crippen LogP contribution in [0, 0.1) is 5.92 Å². The predicted octanol–water partition coefficient (Wildman–Crippen LogP) is 2.11. The van der Waals surface area contributed by atoms with E-state index in [0.717, 1.165) is 16.7 Å². The molecule has 0 spiro atoms. The highest BCUT2D eigenvalue weighted by molar-refractivity contribution is 14.1. The summed E-state index contributed by atoms with van der Waals surface area (Å²) < 4.78 is 4.38. The normalized spacial score (nSPS) is 18.8. The molecule has 88 valence electrons. The smallest absolute Gasteiger partial charge is 0.335 e. The first-order valence-electron chi connectivity index (χ1n) is 4.52. The predicted molar refractivity (Wildman–Crippen MR) is 67.7 cm³/mol. The van der Waals surface area contributed by atoms with E-state index in [9.17, 15) is 14.4 Å². The summed E-state index contributed by atoms with van der Waals surface area (Å²) in [6, 6.07) is 0. The van der Waals surface area contributed by atoms with Gasteiger partial charge in [-0.15, -0.1) is 0 Å². The van der Waals surface area contributed by atoms with Crippen molar-refractivity contribution < 1.29 is 17.4 Å². The summed E-state index contributed by atoms with van der Waals surface area (Å²) in [5, 5.41) is -0.432. The highest BCUT2D eigenvalue weighted by atomic mass is 127. The Morgan fingerprint density at radius 3 is 2.69 bits per heavy atom. The van der Waals surface area contributed by atoms with Gasteiger partial charge in [-0.05, 0) is 17.7 Å². The zero-order valence-corrected chi connectivity index (χ0v) is 11.7. The molecule has 0 aromatic rings. The maximum absolute atomic E-state index is 11.7. The van der Waals surface area contributed by atoms with Gasteiger partial charge in [0.05, 0.1) is 4.91 Å². The number of carbonyl (C=O) groups is 3. The first kappa shape index (κ1) is 13.5. The minimum absolute atomic E-state index is 0.177. The fourth-order valence-corrected chi connectivity index (χ4v) is 2.23. The van der Waals surface area contributed by atoms with Gasteiger partial charge < -0.3 is 3.07 Å². The number of rotatable bonds is 3. The summed E-state index contributed by atoms with van der Waals surface area (Å²) in [5.74, 6) is -0.866. The number of thioether (sulfide) groups is 1. The summed E-state index contributed by atoms with van der Waals surface area (Å²) in [4.78, 5) is 35.4. The van der Waals surface area contributed by atoms with E-state index in [0.29, 0.717) is 4.91 Å². The van der Waals surface area contributed by atoms with Crippen LogP contribution in [0.4, 0.5) is 4.79 Å². The lowest BCUT2D eigenvalue weighted by Gasteiger charge is -2.09. The van der Waals surface area contributed by atoms with E-state index < -0.39 is 17.1 Å². The van der Waals surface area contributed by atoms with Gasteiger partial charge in [0, 0.05) is 0 Å². The second-order valence-electron chi connectivity index (χ2n) is 3.48. The molecule has 5 nitrogen and oxygen atoms in total. The molecule has 0 bridgehead atoms. The third kappa shape index (κ3) is 3.21. The van der Waals surface area contributed by atoms with Gasteiger partial charge in [-0.25, -0.2) is 4.79 Å². The standard InChI is InChI=1S/C9H10INO4S/c1-5(2)3-6-8(13)11(9(14)16-6)4-7(12)15-10/h3,5H,4H2,1-2H3/b6-3-. The molecule has 0 radical (unpaired) electrons. The van der Waals surface area contributed by atoms with Gasteiger partial charge in [-0.1, -0.05) is 19.9 Å². The maximum Gasteiger partial charge on any atom is 0.335 e. The van der Waals surface area contributed by atoms with E-state index in [1.54, 1.807) is 6.08 Å². The molecule has 0 aromatic carbocycles. The van der Waals surface area contributed by atoms with Crippen molar-refractivity contribution in [1.29, 1.82) is 0 Å². The number of hydrogen-bond acceptors (Lipinski definition) is 5. The van der Waals surface area contributed by atoms with E-state index in [4.69, 9.17) is 0 Å². The molecule has 2 amide bonds. The Morgan fingerprint density at radius 1 is 1.56 bits per heavy atom. The minimum Gasteiger partial charge on any atom is -0.393 e. The van der Waals surface area contributed by atoms with Gasteiger partial charge in [0.2, 0.25) is 0 Å². The van der Waals surface area contributed by atoms with Gasteiger partial charge in [0.15, 0.2) is 23.0 Å². The van der Waals surface area contributed by atoms with Gasteiger partial charge in [0.25, 0.3) is 11.1 Å². The topological polar surface area (TPSA) is 63.7 Å². The van der Waals surface area contributed by atoms with Crippen LogP contribution in [0.25, 0.3) is 0 Å². The van der Waals surface area contributed by atoms with E-state index in [-0.39, 0.29) is 12.5 Å². The van der Waals surface area contributed by atoms with Crippen molar-refractivity contribution in [3.8, 4) is 0 Å². The fraction of sp³-hybridized carbons (Fsp3) is 0.444. The van der Waals surface area contributed by atoms with Crippen LogP contribution in [0.3, 0.4) is 0 Å². The molecule has 7 heteroatoms. The lowest BCUT2D eigenvalue weighted by atomic mass is 10.2. The molecule has 0 saturated carbocycles. The zero-order chi connectivity index (χ0) is 12.3. The third-order valence-corrected chi connectivity index (χ3v) is 3.15. The van der Waals surface area contributed by atoms with E-state index in [1.165, 1.54) is 23.0 Å². The molecular weight excluding hydrogens is 345 g/mol. The Bertz CT molecular complexity index is 367. The Hall–Kier alpha value is -0.570. The van der Waals surface area contributed by atoms with Crippen molar-refractivity contribution in [1.82, 2.24) is 4.90 Å². The lowest BCUT2D eigenvalue weighted by Crippen LogP contribution is -2.33. The van der Waals surface area contributed by atoms with Crippen molar-refractivity contribution in [2.75, 3.05) is 6.54 Å².